The van der Waals surface area contributed by atoms with Gasteiger partial charge in [0.2, 0.25) is 6.79 Å². The minimum atomic E-state index is -0.554. The molecular formula is C28H28ClNO5S. The molecule has 1 aliphatic carbocycles. The number of nitrogens with one attached hydrogen (secondary N) is 1. The van der Waals surface area contributed by atoms with E-state index < -0.39 is 11.9 Å². The van der Waals surface area contributed by atoms with Crippen molar-refractivity contribution in [2.45, 2.75) is 38.5 Å². The third-order valence-corrected chi connectivity index (χ3v) is 8.00. The summed E-state index contributed by atoms with van der Waals surface area (Å²) >= 11 is 8.19. The molecule has 2 aromatic carbocycles. The molecular weight excluding hydrogens is 498 g/mol. The van der Waals surface area contributed by atoms with Gasteiger partial charge < -0.3 is 19.5 Å². The van der Waals surface area contributed by atoms with E-state index in [-0.39, 0.29) is 18.5 Å². The lowest BCUT2D eigenvalue weighted by atomic mass is 9.71. The van der Waals surface area contributed by atoms with Crippen molar-refractivity contribution < 1.29 is 23.8 Å². The molecule has 6 nitrogen and oxygen atoms in total. The quantitative estimate of drug-likeness (QED) is 0.365. The first kappa shape index (κ1) is 24.8. The van der Waals surface area contributed by atoms with Crippen molar-refractivity contribution in [2.24, 2.45) is 0 Å². The normalized spacial score (nSPS) is 20.8. The van der Waals surface area contributed by atoms with Gasteiger partial charge >= 0.3 is 5.97 Å². The second-order valence-electron chi connectivity index (χ2n) is 8.98. The lowest BCUT2D eigenvalue weighted by Crippen LogP contribution is -2.36. The Bertz CT molecular complexity index is 1270. The molecule has 1 N–H and O–H groups in total. The second-order valence-corrected chi connectivity index (χ2v) is 10.8. The van der Waals surface area contributed by atoms with Gasteiger partial charge in [-0.15, -0.1) is 0 Å². The Morgan fingerprint density at radius 1 is 1.17 bits per heavy atom. The molecule has 2 aliphatic heterocycles. The van der Waals surface area contributed by atoms with Gasteiger partial charge in [0.25, 0.3) is 0 Å². The van der Waals surface area contributed by atoms with Gasteiger partial charge in [0.15, 0.2) is 17.3 Å². The van der Waals surface area contributed by atoms with E-state index in [1.165, 1.54) is 0 Å². The fourth-order valence-electron chi connectivity index (χ4n) is 5.18. The first-order valence-electron chi connectivity index (χ1n) is 12.1. The van der Waals surface area contributed by atoms with Crippen LogP contribution < -0.4 is 14.8 Å². The van der Waals surface area contributed by atoms with Crippen LogP contribution in [-0.2, 0) is 14.3 Å². The summed E-state index contributed by atoms with van der Waals surface area (Å²) in [7, 11) is 0. The number of benzene rings is 2. The maximum absolute atomic E-state index is 13.7. The first-order valence-corrected chi connectivity index (χ1v) is 13.6. The monoisotopic (exact) mass is 525 g/mol. The lowest BCUT2D eigenvalue weighted by molar-refractivity contribution is -0.138. The van der Waals surface area contributed by atoms with Crippen LogP contribution in [0.3, 0.4) is 0 Å². The Labute approximate surface area is 220 Å². The average Bonchev–Trinajstić information content (AvgIpc) is 3.34. The summed E-state index contributed by atoms with van der Waals surface area (Å²) in [4.78, 5) is 27.1. The third kappa shape index (κ3) is 4.74. The second kappa shape index (κ2) is 10.6. The number of Topliss-reactive ketones (excluding diaryl/α,β-unsaturated/α-hetero) is 1. The number of carbonyl (C=O) groups excluding carboxylic acids is 2. The van der Waals surface area contributed by atoms with Gasteiger partial charge in [0.1, 0.15) is 6.61 Å². The van der Waals surface area contributed by atoms with E-state index in [1.807, 2.05) is 49.4 Å². The highest BCUT2D eigenvalue weighted by atomic mass is 35.5. The number of thioether (sulfide) groups is 1. The molecule has 36 heavy (non-hydrogen) atoms. The average molecular weight is 526 g/mol. The van der Waals surface area contributed by atoms with E-state index in [9.17, 15) is 9.59 Å². The van der Waals surface area contributed by atoms with Crippen molar-refractivity contribution in [3.05, 3.63) is 81.2 Å². The Hall–Kier alpha value is -2.90. The van der Waals surface area contributed by atoms with Crippen molar-refractivity contribution in [1.82, 2.24) is 5.32 Å². The summed E-state index contributed by atoms with van der Waals surface area (Å²) in [6.07, 6.45) is 0.943. The van der Waals surface area contributed by atoms with Crippen LogP contribution in [0, 0.1) is 0 Å². The van der Waals surface area contributed by atoms with Crippen molar-refractivity contribution in [1.29, 1.82) is 0 Å². The molecule has 188 valence electrons. The summed E-state index contributed by atoms with van der Waals surface area (Å²) < 4.78 is 16.7. The number of dihydropyridines is 1. The van der Waals surface area contributed by atoms with Crippen LogP contribution in [0.4, 0.5) is 0 Å². The highest BCUT2D eigenvalue weighted by Crippen LogP contribution is 2.48. The molecule has 2 aromatic rings. The maximum atomic E-state index is 13.7. The number of rotatable bonds is 7. The van der Waals surface area contributed by atoms with Gasteiger partial charge in [-0.25, -0.2) is 4.79 Å². The van der Waals surface area contributed by atoms with Gasteiger partial charge in [-0.2, -0.15) is 11.8 Å². The molecule has 0 fully saturated rings. The molecule has 0 unspecified atom stereocenters. The van der Waals surface area contributed by atoms with E-state index in [2.05, 4.69) is 12.2 Å². The fourth-order valence-corrected chi connectivity index (χ4v) is 5.96. The summed E-state index contributed by atoms with van der Waals surface area (Å²) in [6, 6.07) is 13.2. The number of fused-ring (bicyclic) bond motifs is 1. The smallest absolute Gasteiger partial charge is 0.336 e. The van der Waals surface area contributed by atoms with Crippen LogP contribution in [0.2, 0.25) is 5.02 Å². The molecule has 8 heteroatoms. The molecule has 2 atom stereocenters. The van der Waals surface area contributed by atoms with Crippen LogP contribution in [0.1, 0.15) is 49.7 Å². The summed E-state index contributed by atoms with van der Waals surface area (Å²) in [5.74, 6) is 1.93. The summed E-state index contributed by atoms with van der Waals surface area (Å²) in [5.41, 5.74) is 4.34. The van der Waals surface area contributed by atoms with Crippen molar-refractivity contribution in [3.8, 4) is 11.5 Å². The first-order chi connectivity index (χ1) is 17.5. The zero-order valence-electron chi connectivity index (χ0n) is 20.3. The SMILES string of the molecule is CCSCCOC(=O)C1=C(C)NC2=C(C(=O)C[C@@H](c3ccccc3Cl)C2)[C@H]1c1ccc2c(c1)OCO2. The summed E-state index contributed by atoms with van der Waals surface area (Å²) in [6.45, 7) is 4.40. The molecule has 5 rings (SSSR count). The number of carbonyl (C=O) groups is 2. The molecule has 0 spiro atoms. The van der Waals surface area contributed by atoms with Crippen LogP contribution in [-0.4, -0.2) is 36.7 Å². The molecule has 0 amide bonds. The molecule has 2 heterocycles. The van der Waals surface area contributed by atoms with Crippen LogP contribution in [0.5, 0.6) is 11.5 Å². The zero-order valence-corrected chi connectivity index (χ0v) is 21.8. The topological polar surface area (TPSA) is 73.9 Å². The Balaban J connectivity index is 1.54. The van der Waals surface area contributed by atoms with E-state index in [0.717, 1.165) is 28.3 Å². The van der Waals surface area contributed by atoms with E-state index in [0.29, 0.717) is 52.8 Å². The number of hydrogen-bond acceptors (Lipinski definition) is 7. The minimum Gasteiger partial charge on any atom is -0.461 e. The van der Waals surface area contributed by atoms with Crippen molar-refractivity contribution >= 4 is 35.1 Å². The predicted octanol–water partition coefficient (Wildman–Crippen LogP) is 5.73. The Morgan fingerprint density at radius 2 is 1.97 bits per heavy atom. The highest BCUT2D eigenvalue weighted by molar-refractivity contribution is 7.99. The number of halogens is 1. The summed E-state index contributed by atoms with van der Waals surface area (Å²) in [5, 5.41) is 4.04. The number of allylic oxidation sites excluding steroid dienone is 3. The van der Waals surface area contributed by atoms with E-state index in [1.54, 1.807) is 11.8 Å². The van der Waals surface area contributed by atoms with Crippen LogP contribution in [0.25, 0.3) is 0 Å². The van der Waals surface area contributed by atoms with Crippen molar-refractivity contribution in [2.75, 3.05) is 24.9 Å². The molecule has 0 saturated heterocycles. The van der Waals surface area contributed by atoms with Crippen LogP contribution in [0.15, 0.2) is 65.0 Å². The van der Waals surface area contributed by atoms with Gasteiger partial charge in [0.05, 0.1) is 5.57 Å². The molecule has 3 aliphatic rings. The molecule has 0 radical (unpaired) electrons. The van der Waals surface area contributed by atoms with Gasteiger partial charge in [0, 0.05) is 40.1 Å². The number of hydrogen-bond donors (Lipinski definition) is 1. The minimum absolute atomic E-state index is 0.00400. The van der Waals surface area contributed by atoms with E-state index >= 15 is 0 Å². The maximum Gasteiger partial charge on any atom is 0.336 e. The zero-order chi connectivity index (χ0) is 25.2. The third-order valence-electron chi connectivity index (χ3n) is 6.79. The number of esters is 1. The largest absolute Gasteiger partial charge is 0.461 e. The Kier molecular flexibility index (Phi) is 7.30. The lowest BCUT2D eigenvalue weighted by Gasteiger charge is -2.37. The van der Waals surface area contributed by atoms with Crippen LogP contribution >= 0.6 is 23.4 Å². The number of ketones is 1. The highest BCUT2D eigenvalue weighted by Gasteiger charge is 2.42. The standard InChI is InChI=1S/C28H28ClNO5S/c1-3-36-11-10-33-28(32)25-16(2)30-21-12-18(19-6-4-5-7-20(19)29)13-22(31)27(21)26(25)17-8-9-23-24(14-17)35-15-34-23/h4-9,14,18,26,30H,3,10-13,15H2,1-2H3/t18-,26-/m0/s1. The van der Waals surface area contributed by atoms with E-state index in [4.69, 9.17) is 25.8 Å². The molecule has 0 bridgehead atoms. The number of ether oxygens (including phenoxy) is 3. The van der Waals surface area contributed by atoms with Gasteiger partial charge in [-0.05, 0) is 54.3 Å². The molecule has 0 saturated carbocycles. The van der Waals surface area contributed by atoms with Gasteiger partial charge in [-0.1, -0.05) is 42.8 Å². The predicted molar refractivity (Wildman–Crippen MR) is 141 cm³/mol. The van der Waals surface area contributed by atoms with Gasteiger partial charge in [-0.3, -0.25) is 4.79 Å². The fraction of sp³-hybridized carbons (Fsp3) is 0.357. The Morgan fingerprint density at radius 3 is 2.78 bits per heavy atom. The molecule has 0 aromatic heterocycles. The van der Waals surface area contributed by atoms with Crippen molar-refractivity contribution in [3.63, 3.8) is 0 Å².